The number of hydrogen-bond donors (Lipinski definition) is 1. The largest absolute Gasteiger partial charge is 0.358 e. The van der Waals surface area contributed by atoms with Gasteiger partial charge in [0.1, 0.15) is 6.04 Å². The van der Waals surface area contributed by atoms with Crippen LogP contribution in [-0.4, -0.2) is 61.4 Å². The van der Waals surface area contributed by atoms with Crippen LogP contribution in [0.5, 0.6) is 0 Å². The van der Waals surface area contributed by atoms with Crippen LogP contribution in [0.1, 0.15) is 42.5 Å². The van der Waals surface area contributed by atoms with Crippen LogP contribution in [0, 0.1) is 0 Å². The second-order valence-electron chi connectivity index (χ2n) is 7.83. The van der Waals surface area contributed by atoms with E-state index in [1.807, 2.05) is 23.1 Å². The van der Waals surface area contributed by atoms with Crippen molar-refractivity contribution in [3.63, 3.8) is 0 Å². The van der Waals surface area contributed by atoms with E-state index in [9.17, 15) is 9.59 Å². The molecule has 1 atom stereocenters. The van der Waals surface area contributed by atoms with Crippen molar-refractivity contribution < 1.29 is 19.1 Å². The van der Waals surface area contributed by atoms with Crippen molar-refractivity contribution in [3.05, 3.63) is 23.8 Å². The number of amides is 2. The quantitative estimate of drug-likeness (QED) is 0.817. The zero-order chi connectivity index (χ0) is 18.4. The Morgan fingerprint density at radius 3 is 2.67 bits per heavy atom. The molecular weight excluding hydrogens is 346 g/mol. The van der Waals surface area contributed by atoms with E-state index in [2.05, 4.69) is 10.2 Å². The summed E-state index contributed by atoms with van der Waals surface area (Å²) in [7, 11) is 0. The summed E-state index contributed by atoms with van der Waals surface area (Å²) in [6.45, 7) is 3.41. The maximum atomic E-state index is 13.0. The van der Waals surface area contributed by atoms with Gasteiger partial charge < -0.3 is 24.6 Å². The Morgan fingerprint density at radius 1 is 1.11 bits per heavy atom. The van der Waals surface area contributed by atoms with E-state index in [1.54, 1.807) is 0 Å². The molecule has 2 amide bonds. The summed E-state index contributed by atoms with van der Waals surface area (Å²) in [5.41, 5.74) is 2.40. The van der Waals surface area contributed by atoms with Gasteiger partial charge in [-0.15, -0.1) is 0 Å². The lowest BCUT2D eigenvalue weighted by Gasteiger charge is -2.41. The van der Waals surface area contributed by atoms with Crippen LogP contribution in [0.15, 0.2) is 18.2 Å². The van der Waals surface area contributed by atoms with Gasteiger partial charge in [0.25, 0.3) is 5.91 Å². The Labute approximate surface area is 158 Å². The topological polar surface area (TPSA) is 71.1 Å². The third-order valence-electron chi connectivity index (χ3n) is 6.24. The number of benzene rings is 1. The van der Waals surface area contributed by atoms with Crippen molar-refractivity contribution in [3.8, 4) is 0 Å². The summed E-state index contributed by atoms with van der Waals surface area (Å²) in [5.74, 6) is -0.438. The maximum Gasteiger partial charge on any atom is 0.253 e. The molecule has 0 radical (unpaired) electrons. The average molecular weight is 371 g/mol. The molecule has 0 saturated carbocycles. The Morgan fingerprint density at radius 2 is 1.89 bits per heavy atom. The Bertz CT molecular complexity index is 764. The third-order valence-corrected chi connectivity index (χ3v) is 6.24. The summed E-state index contributed by atoms with van der Waals surface area (Å²) in [4.78, 5) is 29.5. The summed E-state index contributed by atoms with van der Waals surface area (Å²) >= 11 is 0. The van der Waals surface area contributed by atoms with Gasteiger partial charge in [0.15, 0.2) is 5.79 Å². The van der Waals surface area contributed by atoms with Crippen molar-refractivity contribution >= 4 is 23.2 Å². The van der Waals surface area contributed by atoms with Crippen LogP contribution >= 0.6 is 0 Å². The van der Waals surface area contributed by atoms with Crippen molar-refractivity contribution in [2.24, 2.45) is 0 Å². The zero-order valence-corrected chi connectivity index (χ0v) is 15.4. The first-order chi connectivity index (χ1) is 13.2. The van der Waals surface area contributed by atoms with E-state index in [4.69, 9.17) is 9.47 Å². The van der Waals surface area contributed by atoms with Crippen LogP contribution in [0.2, 0.25) is 0 Å². The molecule has 7 nitrogen and oxygen atoms in total. The zero-order valence-electron chi connectivity index (χ0n) is 15.4. The standard InChI is InChI=1S/C20H25N3O4/c24-18-17-3-1-2-8-23(17)16-5-4-14(13-15(16)21-18)19(25)22-9-6-20(7-10-22)26-11-12-27-20/h4-5,13,17H,1-3,6-12H2,(H,21,24). The number of fused-ring (bicyclic) bond motifs is 3. The van der Waals surface area contributed by atoms with E-state index in [0.29, 0.717) is 44.7 Å². The molecule has 1 N–H and O–H groups in total. The second kappa shape index (κ2) is 6.49. The lowest BCUT2D eigenvalue weighted by atomic mass is 9.96. The number of likely N-dealkylation sites (tertiary alicyclic amines) is 1. The Balaban J connectivity index is 1.34. The number of nitrogens with one attached hydrogen (secondary N) is 1. The van der Waals surface area contributed by atoms with Crippen LogP contribution in [0.25, 0.3) is 0 Å². The average Bonchev–Trinajstić information content (AvgIpc) is 3.16. The van der Waals surface area contributed by atoms with Gasteiger partial charge in [-0.3, -0.25) is 9.59 Å². The summed E-state index contributed by atoms with van der Waals surface area (Å²) in [6.07, 6.45) is 4.49. The number of ether oxygens (including phenoxy) is 2. The van der Waals surface area contributed by atoms with Gasteiger partial charge in [0.2, 0.25) is 5.91 Å². The van der Waals surface area contributed by atoms with Crippen LogP contribution in [0.4, 0.5) is 11.4 Å². The highest BCUT2D eigenvalue weighted by Gasteiger charge is 2.41. The summed E-state index contributed by atoms with van der Waals surface area (Å²) in [6, 6.07) is 5.62. The third kappa shape index (κ3) is 2.89. The van der Waals surface area contributed by atoms with Crippen LogP contribution in [-0.2, 0) is 14.3 Å². The normalized spacial score (nSPS) is 26.5. The first-order valence-corrected chi connectivity index (χ1v) is 9.94. The molecule has 0 aromatic heterocycles. The Kier molecular flexibility index (Phi) is 4.09. The van der Waals surface area contributed by atoms with Gasteiger partial charge in [-0.1, -0.05) is 0 Å². The summed E-state index contributed by atoms with van der Waals surface area (Å²) < 4.78 is 11.5. The van der Waals surface area contributed by atoms with Crippen LogP contribution < -0.4 is 10.2 Å². The lowest BCUT2D eigenvalue weighted by molar-refractivity contribution is -0.181. The molecule has 7 heteroatoms. The number of hydrogen-bond acceptors (Lipinski definition) is 5. The smallest absolute Gasteiger partial charge is 0.253 e. The predicted octanol–water partition coefficient (Wildman–Crippen LogP) is 1.98. The van der Waals surface area contributed by atoms with E-state index in [0.717, 1.165) is 37.2 Å². The van der Waals surface area contributed by atoms with E-state index >= 15 is 0 Å². The fourth-order valence-electron chi connectivity index (χ4n) is 4.75. The molecule has 27 heavy (non-hydrogen) atoms. The molecule has 144 valence electrons. The molecule has 1 aromatic rings. The van der Waals surface area contributed by atoms with Crippen molar-refractivity contribution in [2.45, 2.75) is 43.9 Å². The monoisotopic (exact) mass is 371 g/mol. The lowest BCUT2D eigenvalue weighted by Crippen LogP contribution is -2.50. The van der Waals surface area contributed by atoms with Crippen molar-refractivity contribution in [1.29, 1.82) is 0 Å². The molecule has 0 bridgehead atoms. The number of nitrogens with zero attached hydrogens (tertiary/aromatic N) is 2. The fraction of sp³-hybridized carbons (Fsp3) is 0.600. The number of rotatable bonds is 1. The molecule has 1 unspecified atom stereocenters. The summed E-state index contributed by atoms with van der Waals surface area (Å²) in [5, 5.41) is 3.01. The van der Waals surface area contributed by atoms with E-state index in [-0.39, 0.29) is 17.9 Å². The number of anilines is 2. The van der Waals surface area contributed by atoms with E-state index in [1.165, 1.54) is 0 Å². The molecule has 1 aromatic carbocycles. The van der Waals surface area contributed by atoms with Gasteiger partial charge in [-0.2, -0.15) is 0 Å². The molecular formula is C20H25N3O4. The highest BCUT2D eigenvalue weighted by atomic mass is 16.7. The molecule has 3 saturated heterocycles. The van der Waals surface area contributed by atoms with Gasteiger partial charge in [-0.25, -0.2) is 0 Å². The molecule has 4 aliphatic rings. The molecule has 3 fully saturated rings. The van der Waals surface area contributed by atoms with E-state index < -0.39 is 5.79 Å². The highest BCUT2D eigenvalue weighted by molar-refractivity contribution is 6.05. The van der Waals surface area contributed by atoms with Gasteiger partial charge >= 0.3 is 0 Å². The molecule has 0 aliphatic carbocycles. The molecule has 4 aliphatic heterocycles. The SMILES string of the molecule is O=C1Nc2cc(C(=O)N3CCC4(CC3)OCCO4)ccc2N2CCCCC12. The van der Waals surface area contributed by atoms with Gasteiger partial charge in [-0.05, 0) is 37.5 Å². The predicted molar refractivity (Wildman–Crippen MR) is 99.8 cm³/mol. The molecule has 1 spiro atoms. The number of carbonyl (C=O) groups excluding carboxylic acids is 2. The highest BCUT2D eigenvalue weighted by Crippen LogP contribution is 2.37. The minimum Gasteiger partial charge on any atom is -0.358 e. The number of piperidine rings is 2. The van der Waals surface area contributed by atoms with Gasteiger partial charge in [0.05, 0.1) is 24.6 Å². The van der Waals surface area contributed by atoms with Crippen LogP contribution in [0.3, 0.4) is 0 Å². The molecule has 5 rings (SSSR count). The van der Waals surface area contributed by atoms with Crippen molar-refractivity contribution in [2.75, 3.05) is 43.1 Å². The first-order valence-electron chi connectivity index (χ1n) is 9.94. The maximum absolute atomic E-state index is 13.0. The molecule has 4 heterocycles. The fourth-order valence-corrected chi connectivity index (χ4v) is 4.75. The van der Waals surface area contributed by atoms with Gasteiger partial charge in [0, 0.05) is 38.0 Å². The second-order valence-corrected chi connectivity index (χ2v) is 7.83. The first kappa shape index (κ1) is 17.0. The number of carbonyl (C=O) groups is 2. The Hall–Kier alpha value is -2.12. The van der Waals surface area contributed by atoms with Crippen molar-refractivity contribution in [1.82, 2.24) is 4.90 Å². The minimum atomic E-state index is -0.482. The minimum absolute atomic E-state index is 0.000614.